The van der Waals surface area contributed by atoms with Gasteiger partial charge in [0.15, 0.2) is 0 Å². The zero-order chi connectivity index (χ0) is 39.0. The monoisotopic (exact) mass is 770 g/mol. The van der Waals surface area contributed by atoms with Crippen LogP contribution in [-0.2, 0) is 0 Å². The van der Waals surface area contributed by atoms with E-state index in [0.29, 0.717) is 30.2 Å². The molecule has 0 bridgehead atoms. The molecule has 282 valence electrons. The minimum Gasteiger partial charge on any atom is -0.0843 e. The highest BCUT2D eigenvalue weighted by Crippen LogP contribution is 2.95. The van der Waals surface area contributed by atoms with E-state index in [1.165, 1.54) is 11.1 Å². The van der Waals surface area contributed by atoms with Crippen LogP contribution in [0.2, 0.25) is 66.5 Å². The third kappa shape index (κ3) is 4.81. The van der Waals surface area contributed by atoms with Crippen molar-refractivity contribution in [2.75, 3.05) is 0 Å². The molecule has 5 rings (SSSR count). The summed E-state index contributed by atoms with van der Waals surface area (Å²) in [6, 6.07) is 23.2. The number of rotatable bonds is 5. The summed E-state index contributed by atoms with van der Waals surface area (Å²) in [5, 5.41) is 1.84. The van der Waals surface area contributed by atoms with Gasteiger partial charge >= 0.3 is 0 Å². The minimum atomic E-state index is -2.29. The third-order valence-electron chi connectivity index (χ3n) is 17.4. The first-order valence-corrected chi connectivity index (χ1v) is 36.1. The van der Waals surface area contributed by atoms with Crippen LogP contribution in [0.25, 0.3) is 5.57 Å². The fourth-order valence-electron chi connectivity index (χ4n) is 14.8. The van der Waals surface area contributed by atoms with Crippen molar-refractivity contribution in [1.29, 1.82) is 0 Å². The van der Waals surface area contributed by atoms with Gasteiger partial charge in [-0.05, 0) is 69.1 Å². The largest absolute Gasteiger partial charge is 0.0843 e. The molecular weight excluding hydrogens is 693 g/mol. The van der Waals surface area contributed by atoms with Crippen LogP contribution < -0.4 is 0 Å². The number of allylic oxidation sites excluding steroid dienone is 3. The minimum absolute atomic E-state index is 0.290. The average Bonchev–Trinajstić information content (AvgIpc) is 3.61. The lowest BCUT2D eigenvalue weighted by Crippen LogP contribution is -3.01. The summed E-state index contributed by atoms with van der Waals surface area (Å²) >= 11 is 0. The van der Waals surface area contributed by atoms with Gasteiger partial charge in [-0.15, -0.1) is 0 Å². The molecule has 0 saturated carbocycles. The maximum Gasteiger partial charge on any atom is 0.0533 e. The summed E-state index contributed by atoms with van der Waals surface area (Å²) in [7, 11) is -8.36. The number of hydrogen-bond donors (Lipinski definition) is 0. The van der Waals surface area contributed by atoms with Crippen molar-refractivity contribution in [3.8, 4) is 0 Å². The lowest BCUT2D eigenvalue weighted by molar-refractivity contribution is 0.616. The summed E-state index contributed by atoms with van der Waals surface area (Å²) in [4.78, 5) is 0. The van der Waals surface area contributed by atoms with Crippen molar-refractivity contribution in [3.63, 3.8) is 0 Å². The zero-order valence-electron chi connectivity index (χ0n) is 37.2. The Morgan fingerprint density at radius 1 is 0.471 bits per heavy atom. The normalized spacial score (nSPS) is 25.7. The average molecular weight is 772 g/mol. The van der Waals surface area contributed by atoms with Crippen LogP contribution in [0.3, 0.4) is 0 Å². The molecule has 2 aliphatic heterocycles. The van der Waals surface area contributed by atoms with Crippen LogP contribution >= 0.6 is 0 Å². The highest BCUT2D eigenvalue weighted by molar-refractivity contribution is 8.05. The van der Waals surface area contributed by atoms with Crippen LogP contribution in [0.1, 0.15) is 136 Å². The van der Waals surface area contributed by atoms with Gasteiger partial charge < -0.3 is 0 Å². The van der Waals surface area contributed by atoms with Crippen molar-refractivity contribution in [3.05, 3.63) is 89.5 Å². The van der Waals surface area contributed by atoms with Crippen LogP contribution in [-0.4, -0.2) is 36.5 Å². The second kappa shape index (κ2) is 11.8. The molecule has 51 heavy (non-hydrogen) atoms. The number of fused-ring (bicyclic) bond motifs is 1. The molecule has 0 amide bonds. The van der Waals surface area contributed by atoms with Gasteiger partial charge in [-0.1, -0.05) is 217 Å². The van der Waals surface area contributed by atoms with Crippen molar-refractivity contribution in [2.24, 2.45) is 0 Å². The van der Waals surface area contributed by atoms with Gasteiger partial charge in [-0.25, -0.2) is 0 Å². The van der Waals surface area contributed by atoms with Crippen LogP contribution in [0.15, 0.2) is 78.4 Å². The summed E-state index contributed by atoms with van der Waals surface area (Å²) in [5.74, 6) is 0. The fourth-order valence-corrected chi connectivity index (χ4v) is 193. The molecule has 0 spiro atoms. The molecule has 2 saturated heterocycles. The molecule has 4 atom stereocenters. The lowest BCUT2D eigenvalue weighted by Gasteiger charge is -2.82. The van der Waals surface area contributed by atoms with Crippen LogP contribution in [0.4, 0.5) is 0 Å². The molecule has 0 radical (unpaired) electrons. The molecule has 3 aliphatic rings. The summed E-state index contributed by atoms with van der Waals surface area (Å²) in [6.45, 7) is 56.5. The molecule has 2 aromatic rings. The van der Waals surface area contributed by atoms with Crippen molar-refractivity contribution < 1.29 is 0 Å². The van der Waals surface area contributed by atoms with Gasteiger partial charge in [0.05, 0.1) is 29.9 Å². The highest BCUT2D eigenvalue weighted by atomic mass is 30.0. The molecule has 0 nitrogen and oxygen atoms in total. The Labute approximate surface area is 321 Å². The summed E-state index contributed by atoms with van der Waals surface area (Å²) < 4.78 is 0. The second-order valence-electron chi connectivity index (χ2n) is 24.0. The first-order valence-electron chi connectivity index (χ1n) is 20.3. The van der Waals surface area contributed by atoms with E-state index in [1.54, 1.807) is 11.1 Å². The van der Waals surface area contributed by atoms with E-state index >= 15 is 0 Å². The van der Waals surface area contributed by atoms with Gasteiger partial charge in [0, 0.05) is 6.63 Å². The molecule has 0 aromatic heterocycles. The first kappa shape index (κ1) is 41.2. The Balaban J connectivity index is 2.19. The van der Waals surface area contributed by atoms with Crippen molar-refractivity contribution >= 4 is 42.1 Å². The lowest BCUT2D eigenvalue weighted by atomic mass is 9.88. The Kier molecular flexibility index (Phi) is 9.49. The zero-order valence-corrected chi connectivity index (χ0v) is 42.2. The molecule has 5 heteroatoms. The quantitative estimate of drug-likeness (QED) is 0.266. The van der Waals surface area contributed by atoms with E-state index in [2.05, 4.69) is 217 Å². The number of hydrogen-bond acceptors (Lipinski definition) is 0. The summed E-state index contributed by atoms with van der Waals surface area (Å²) in [5.41, 5.74) is 8.66. The first-order chi connectivity index (χ1) is 22.8. The maximum atomic E-state index is 3.09. The topological polar surface area (TPSA) is 0 Å². The summed E-state index contributed by atoms with van der Waals surface area (Å²) in [6.07, 6.45) is 5.72. The van der Waals surface area contributed by atoms with E-state index < -0.39 is 36.5 Å². The Morgan fingerprint density at radius 2 is 0.784 bits per heavy atom. The van der Waals surface area contributed by atoms with Crippen LogP contribution in [0, 0.1) is 0 Å². The van der Waals surface area contributed by atoms with E-state index in [4.69, 9.17) is 0 Å². The van der Waals surface area contributed by atoms with Gasteiger partial charge in [-0.3, -0.25) is 0 Å². The number of benzene rings is 2. The predicted molar refractivity (Wildman–Crippen MR) is 244 cm³/mol. The molecule has 2 aromatic carbocycles. The van der Waals surface area contributed by atoms with Crippen LogP contribution in [0.5, 0.6) is 0 Å². The van der Waals surface area contributed by atoms with E-state index in [9.17, 15) is 0 Å². The maximum absolute atomic E-state index is 3.09. The van der Waals surface area contributed by atoms with E-state index in [-0.39, 0.29) is 0 Å². The second-order valence-corrected chi connectivity index (χ2v) is 72.1. The van der Waals surface area contributed by atoms with Gasteiger partial charge in [0.25, 0.3) is 0 Å². The van der Waals surface area contributed by atoms with Crippen molar-refractivity contribution in [2.45, 2.75) is 191 Å². The third-order valence-corrected chi connectivity index (χ3v) is 123. The predicted octanol–water partition coefficient (Wildman–Crippen LogP) is 15.4. The van der Waals surface area contributed by atoms with Gasteiger partial charge in [-0.2, -0.15) is 0 Å². The smallest absolute Gasteiger partial charge is 0.0533 e. The van der Waals surface area contributed by atoms with Crippen molar-refractivity contribution in [1.82, 2.24) is 0 Å². The molecule has 0 N–H and O–H groups in total. The van der Waals surface area contributed by atoms with Gasteiger partial charge in [0.2, 0.25) is 0 Å². The fraction of sp³-hybridized carbons (Fsp3) is 0.652. The Morgan fingerprint density at radius 3 is 1.08 bits per heavy atom. The molecule has 1 aliphatic carbocycles. The Bertz CT molecular complexity index is 1570. The van der Waals surface area contributed by atoms with Gasteiger partial charge in [0.1, 0.15) is 0 Å². The van der Waals surface area contributed by atoms with E-state index in [0.717, 1.165) is 16.6 Å². The van der Waals surface area contributed by atoms with E-state index in [1.807, 2.05) is 0 Å². The standard InChI is InChI=1S/C46H78Si5/c1-41(2,3)47(19,42(4,5)6)50-37-33-32-36(38(34-28-24-22-25-29-34)35-30-26-23-27-31-35)39(40(37)50)51(50,48(20,43(7,8)9)44(10,11)12)49(21,45(13,14)15)46(16,17)18/h22-33,37,39-40H,1-21H3. The Hall–Kier alpha value is -0.996. The highest BCUT2D eigenvalue weighted by Gasteiger charge is 3.03. The molecule has 4 unspecified atom stereocenters. The molecule has 2 fully saturated rings. The molecule has 2 heterocycles. The molecular formula is C46H78Si5. The SMILES string of the molecule is CC(C)(C)[Si](C)(C(C)(C)C)[Si]12C3C=CC(=C(c4ccccc4)c4ccccc4)C(C31)[Si]2([Si](C)(C(C)(C)C)C(C)(C)C)[Si](C)(C(C)(C)C)C(C)(C)C.